The largest absolute Gasteiger partial charge is 0.448 e. The molecule has 0 bridgehead atoms. The summed E-state index contributed by atoms with van der Waals surface area (Å²) in [5.74, 6) is 0.722. The molecule has 0 aliphatic carbocycles. The minimum Gasteiger partial charge on any atom is -0.448 e. The normalized spacial score (nSPS) is 11.9. The topological polar surface area (TPSA) is 71.3 Å². The zero-order valence-corrected chi connectivity index (χ0v) is 9.86. The van der Waals surface area contributed by atoms with Crippen molar-refractivity contribution in [3.63, 3.8) is 0 Å². The van der Waals surface area contributed by atoms with Gasteiger partial charge in [0.15, 0.2) is 5.22 Å². The van der Waals surface area contributed by atoms with Crippen LogP contribution in [0.25, 0.3) is 0 Å². The van der Waals surface area contributed by atoms with Gasteiger partial charge in [-0.2, -0.15) is 0 Å². The Bertz CT molecular complexity index is 402. The van der Waals surface area contributed by atoms with Gasteiger partial charge in [0.25, 0.3) is 0 Å². The van der Waals surface area contributed by atoms with E-state index < -0.39 is 10.0 Å². The van der Waals surface area contributed by atoms with E-state index in [4.69, 9.17) is 16.0 Å². The zero-order valence-electron chi connectivity index (χ0n) is 8.29. The Morgan fingerprint density at radius 2 is 2.20 bits per heavy atom. The Hall–Kier alpha value is -0.560. The molecule has 1 aromatic heterocycles. The molecule has 0 unspecified atom stereocenters. The molecule has 2 N–H and O–H groups in total. The summed E-state index contributed by atoms with van der Waals surface area (Å²) in [7, 11) is -1.75. The number of sulfonamides is 1. The van der Waals surface area contributed by atoms with Crippen molar-refractivity contribution < 1.29 is 12.8 Å². The van der Waals surface area contributed by atoms with Gasteiger partial charge in [-0.1, -0.05) is 0 Å². The summed E-state index contributed by atoms with van der Waals surface area (Å²) in [6, 6.07) is 3.38. The molecule has 0 radical (unpaired) electrons. The van der Waals surface area contributed by atoms with E-state index in [-0.39, 0.29) is 5.75 Å². The predicted octanol–water partition coefficient (Wildman–Crippen LogP) is 0.572. The van der Waals surface area contributed by atoms with Gasteiger partial charge in [0.2, 0.25) is 10.0 Å². The first-order valence-electron chi connectivity index (χ1n) is 4.39. The molecule has 7 heteroatoms. The number of hydrogen-bond donors (Lipinski definition) is 2. The summed E-state index contributed by atoms with van der Waals surface area (Å²) in [6.07, 6.45) is 0. The van der Waals surface area contributed by atoms with E-state index in [2.05, 4.69) is 10.0 Å². The Labute approximate surface area is 93.8 Å². The minimum absolute atomic E-state index is 0.0396. The first-order chi connectivity index (χ1) is 7.03. The van der Waals surface area contributed by atoms with Crippen LogP contribution in [0.1, 0.15) is 5.76 Å². The standard InChI is InChI=1S/C8H13ClN2O3S/c1-10-15(12,13)5-4-11-6-7-2-3-8(9)14-7/h2-3,10-11H,4-6H2,1H3. The molecule has 0 saturated heterocycles. The average molecular weight is 253 g/mol. The summed E-state index contributed by atoms with van der Waals surface area (Å²) in [6.45, 7) is 0.827. The fraction of sp³-hybridized carbons (Fsp3) is 0.500. The molecule has 0 amide bonds. The highest BCUT2D eigenvalue weighted by Gasteiger charge is 2.05. The van der Waals surface area contributed by atoms with Crippen molar-refractivity contribution in [2.45, 2.75) is 6.54 Å². The molecule has 0 aliphatic heterocycles. The Morgan fingerprint density at radius 1 is 1.47 bits per heavy atom. The first kappa shape index (κ1) is 12.5. The maximum absolute atomic E-state index is 11.0. The van der Waals surface area contributed by atoms with E-state index in [1.165, 1.54) is 7.05 Å². The lowest BCUT2D eigenvalue weighted by Gasteiger charge is -2.03. The van der Waals surface area contributed by atoms with Gasteiger partial charge in [-0.25, -0.2) is 13.1 Å². The van der Waals surface area contributed by atoms with Crippen molar-refractivity contribution in [3.8, 4) is 0 Å². The van der Waals surface area contributed by atoms with Gasteiger partial charge in [0, 0.05) is 6.54 Å². The van der Waals surface area contributed by atoms with E-state index in [9.17, 15) is 8.42 Å². The predicted molar refractivity (Wildman–Crippen MR) is 58.3 cm³/mol. The van der Waals surface area contributed by atoms with Crippen LogP contribution < -0.4 is 10.0 Å². The van der Waals surface area contributed by atoms with Gasteiger partial charge >= 0.3 is 0 Å². The summed E-state index contributed by atoms with van der Waals surface area (Å²) >= 11 is 5.57. The average Bonchev–Trinajstić information content (AvgIpc) is 2.59. The zero-order chi connectivity index (χ0) is 11.3. The number of nitrogens with one attached hydrogen (secondary N) is 2. The highest BCUT2D eigenvalue weighted by Crippen LogP contribution is 2.12. The molecular formula is C8H13ClN2O3S. The van der Waals surface area contributed by atoms with Crippen LogP contribution in [0.5, 0.6) is 0 Å². The quantitative estimate of drug-likeness (QED) is 0.727. The lowest BCUT2D eigenvalue weighted by atomic mass is 10.4. The summed E-state index contributed by atoms with van der Waals surface area (Å²) in [4.78, 5) is 0. The van der Waals surface area contributed by atoms with Gasteiger partial charge in [-0.15, -0.1) is 0 Å². The van der Waals surface area contributed by atoms with Gasteiger partial charge in [-0.3, -0.25) is 0 Å². The van der Waals surface area contributed by atoms with Crippen molar-refractivity contribution >= 4 is 21.6 Å². The molecule has 5 nitrogen and oxygen atoms in total. The van der Waals surface area contributed by atoms with Gasteiger partial charge < -0.3 is 9.73 Å². The van der Waals surface area contributed by atoms with Crippen molar-refractivity contribution in [2.24, 2.45) is 0 Å². The van der Waals surface area contributed by atoms with Crippen molar-refractivity contribution in [2.75, 3.05) is 19.3 Å². The molecule has 86 valence electrons. The molecule has 1 heterocycles. The molecule has 0 spiro atoms. The van der Waals surface area contributed by atoms with E-state index >= 15 is 0 Å². The number of halogens is 1. The lowest BCUT2D eigenvalue weighted by molar-refractivity contribution is 0.488. The fourth-order valence-corrected chi connectivity index (χ4v) is 1.75. The van der Waals surface area contributed by atoms with Crippen LogP contribution in [0.3, 0.4) is 0 Å². The SMILES string of the molecule is CNS(=O)(=O)CCNCc1ccc(Cl)o1. The third-order valence-electron chi connectivity index (χ3n) is 1.79. The highest BCUT2D eigenvalue weighted by molar-refractivity contribution is 7.89. The monoisotopic (exact) mass is 252 g/mol. The van der Waals surface area contributed by atoms with Crippen molar-refractivity contribution in [3.05, 3.63) is 23.1 Å². The number of rotatable bonds is 6. The van der Waals surface area contributed by atoms with Crippen LogP contribution in [0.4, 0.5) is 0 Å². The number of furan rings is 1. The van der Waals surface area contributed by atoms with Crippen LogP contribution in [0.2, 0.25) is 5.22 Å². The summed E-state index contributed by atoms with van der Waals surface area (Å²) < 4.78 is 29.3. The van der Waals surface area contributed by atoms with Crippen LogP contribution in [0.15, 0.2) is 16.5 Å². The molecule has 0 saturated carbocycles. The Kier molecular flexibility index (Phi) is 4.59. The second-order valence-electron chi connectivity index (χ2n) is 2.91. The van der Waals surface area contributed by atoms with E-state index in [1.807, 2.05) is 0 Å². The molecule has 0 atom stereocenters. The summed E-state index contributed by atoms with van der Waals surface area (Å²) in [5.41, 5.74) is 0. The third-order valence-corrected chi connectivity index (χ3v) is 3.35. The number of hydrogen-bond acceptors (Lipinski definition) is 4. The molecule has 15 heavy (non-hydrogen) atoms. The molecule has 0 fully saturated rings. The molecule has 0 aliphatic rings. The first-order valence-corrected chi connectivity index (χ1v) is 6.42. The van der Waals surface area contributed by atoms with Crippen LogP contribution in [-0.4, -0.2) is 27.8 Å². The second kappa shape index (κ2) is 5.50. The van der Waals surface area contributed by atoms with Crippen molar-refractivity contribution in [1.82, 2.24) is 10.0 Å². The second-order valence-corrected chi connectivity index (χ2v) is 5.32. The molecule has 1 rings (SSSR count). The van der Waals surface area contributed by atoms with Crippen molar-refractivity contribution in [1.29, 1.82) is 0 Å². The van der Waals surface area contributed by atoms with Crippen LogP contribution >= 0.6 is 11.6 Å². The van der Waals surface area contributed by atoms with E-state index in [0.717, 1.165) is 0 Å². The fourth-order valence-electron chi connectivity index (χ4n) is 0.967. The molecule has 1 aromatic rings. The Morgan fingerprint density at radius 3 is 2.73 bits per heavy atom. The van der Waals surface area contributed by atoms with Crippen LogP contribution in [0, 0.1) is 0 Å². The van der Waals surface area contributed by atoms with Crippen LogP contribution in [-0.2, 0) is 16.6 Å². The van der Waals surface area contributed by atoms with E-state index in [0.29, 0.717) is 24.1 Å². The lowest BCUT2D eigenvalue weighted by Crippen LogP contribution is -2.29. The van der Waals surface area contributed by atoms with Gasteiger partial charge in [0.1, 0.15) is 5.76 Å². The molecular weight excluding hydrogens is 240 g/mol. The van der Waals surface area contributed by atoms with Gasteiger partial charge in [-0.05, 0) is 30.8 Å². The smallest absolute Gasteiger partial charge is 0.212 e. The van der Waals surface area contributed by atoms with E-state index in [1.54, 1.807) is 12.1 Å². The minimum atomic E-state index is -3.14. The molecule has 0 aromatic carbocycles. The third kappa shape index (κ3) is 4.65. The maximum atomic E-state index is 11.0. The summed E-state index contributed by atoms with van der Waals surface area (Å²) in [5, 5.41) is 3.26. The van der Waals surface area contributed by atoms with Gasteiger partial charge in [0.05, 0.1) is 12.3 Å². The highest BCUT2D eigenvalue weighted by atomic mass is 35.5. The maximum Gasteiger partial charge on any atom is 0.212 e. The Balaban J connectivity index is 2.23.